The number of hydrogen-bond donors (Lipinski definition) is 1. The smallest absolute Gasteiger partial charge is 0.242 e. The first kappa shape index (κ1) is 15.3. The molecule has 1 aromatic carbocycles. The van der Waals surface area contributed by atoms with Crippen molar-refractivity contribution >= 4 is 17.4 Å². The molecule has 0 bridgehead atoms. The van der Waals surface area contributed by atoms with Gasteiger partial charge in [0.1, 0.15) is 11.6 Å². The third kappa shape index (κ3) is 3.61. The number of amides is 1. The molecule has 2 aromatic rings. The first-order valence-corrected chi connectivity index (χ1v) is 7.58. The Bertz CT molecular complexity index is 680. The molecule has 1 amide bonds. The molecule has 1 saturated heterocycles. The molecule has 1 N–H and O–H groups in total. The van der Waals surface area contributed by atoms with Gasteiger partial charge in [0.05, 0.1) is 12.2 Å². The largest absolute Gasteiger partial charge is 0.366 e. The number of nitrogens with one attached hydrogen (secondary N) is 1. The Labute approximate surface area is 133 Å². The first-order chi connectivity index (χ1) is 11.1. The summed E-state index contributed by atoms with van der Waals surface area (Å²) in [6.45, 7) is 4.36. The zero-order chi connectivity index (χ0) is 16.2. The number of rotatable bonds is 4. The van der Waals surface area contributed by atoms with Gasteiger partial charge in [-0.15, -0.1) is 0 Å². The molecule has 1 aromatic heterocycles. The summed E-state index contributed by atoms with van der Waals surface area (Å²) in [6.07, 6.45) is 0. The SMILES string of the molecule is Cc1cc(NCC(=O)N2CCN(c3ccccc3F)CC2)no1. The predicted molar refractivity (Wildman–Crippen MR) is 84.9 cm³/mol. The average molecular weight is 318 g/mol. The summed E-state index contributed by atoms with van der Waals surface area (Å²) >= 11 is 0. The topological polar surface area (TPSA) is 61.6 Å². The fraction of sp³-hybridized carbons (Fsp3) is 0.375. The van der Waals surface area contributed by atoms with Crippen LogP contribution in [-0.4, -0.2) is 48.7 Å². The lowest BCUT2D eigenvalue weighted by Gasteiger charge is -2.36. The number of piperazine rings is 1. The maximum absolute atomic E-state index is 13.8. The van der Waals surface area contributed by atoms with Crippen LogP contribution in [0.3, 0.4) is 0 Å². The fourth-order valence-electron chi connectivity index (χ4n) is 2.63. The van der Waals surface area contributed by atoms with Crippen molar-refractivity contribution in [3.05, 3.63) is 41.9 Å². The number of halogens is 1. The number of para-hydroxylation sites is 1. The van der Waals surface area contributed by atoms with E-state index in [0.717, 1.165) is 0 Å². The van der Waals surface area contributed by atoms with Crippen LogP contribution < -0.4 is 10.2 Å². The second kappa shape index (κ2) is 6.68. The zero-order valence-electron chi connectivity index (χ0n) is 13.0. The molecule has 0 atom stereocenters. The first-order valence-electron chi connectivity index (χ1n) is 7.58. The van der Waals surface area contributed by atoms with E-state index in [1.165, 1.54) is 6.07 Å². The summed E-state index contributed by atoms with van der Waals surface area (Å²) in [5.74, 6) is 1.02. The number of carbonyl (C=O) groups is 1. The molecule has 0 aliphatic carbocycles. The molecule has 2 heterocycles. The minimum atomic E-state index is -0.227. The van der Waals surface area contributed by atoms with E-state index in [2.05, 4.69) is 10.5 Å². The standard InChI is InChI=1S/C16H19FN4O2/c1-12-10-15(19-23-12)18-11-16(22)21-8-6-20(7-9-21)14-5-3-2-4-13(14)17/h2-5,10H,6-9,11H2,1H3,(H,18,19). The van der Waals surface area contributed by atoms with Crippen molar-refractivity contribution in [1.82, 2.24) is 10.1 Å². The number of anilines is 2. The van der Waals surface area contributed by atoms with E-state index in [4.69, 9.17) is 4.52 Å². The van der Waals surface area contributed by atoms with Gasteiger partial charge >= 0.3 is 0 Å². The summed E-state index contributed by atoms with van der Waals surface area (Å²) in [7, 11) is 0. The van der Waals surface area contributed by atoms with Crippen LogP contribution in [0.15, 0.2) is 34.9 Å². The Hall–Kier alpha value is -2.57. The Kier molecular flexibility index (Phi) is 4.45. The Morgan fingerprint density at radius 3 is 2.70 bits per heavy atom. The molecule has 23 heavy (non-hydrogen) atoms. The molecule has 0 radical (unpaired) electrons. The summed E-state index contributed by atoms with van der Waals surface area (Å²) in [6, 6.07) is 8.46. The minimum absolute atomic E-state index is 0.00108. The van der Waals surface area contributed by atoms with Crippen molar-refractivity contribution in [2.75, 3.05) is 42.9 Å². The molecular weight excluding hydrogens is 299 g/mol. The summed E-state index contributed by atoms with van der Waals surface area (Å²) in [5, 5.41) is 6.73. The van der Waals surface area contributed by atoms with Gasteiger partial charge in [0.15, 0.2) is 5.82 Å². The highest BCUT2D eigenvalue weighted by atomic mass is 19.1. The van der Waals surface area contributed by atoms with Crippen molar-refractivity contribution in [3.8, 4) is 0 Å². The van der Waals surface area contributed by atoms with Crippen LogP contribution >= 0.6 is 0 Å². The van der Waals surface area contributed by atoms with Gasteiger partial charge in [-0.2, -0.15) is 0 Å². The van der Waals surface area contributed by atoms with E-state index in [9.17, 15) is 9.18 Å². The average Bonchev–Trinajstić information content (AvgIpc) is 2.99. The number of hydrogen-bond acceptors (Lipinski definition) is 5. The summed E-state index contributed by atoms with van der Waals surface area (Å²) < 4.78 is 18.7. The number of carbonyl (C=O) groups excluding carboxylic acids is 1. The van der Waals surface area contributed by atoms with Crippen LogP contribution in [0.4, 0.5) is 15.9 Å². The third-order valence-electron chi connectivity index (χ3n) is 3.87. The van der Waals surface area contributed by atoms with Gasteiger partial charge in [-0.3, -0.25) is 4.79 Å². The number of nitrogens with zero attached hydrogens (tertiary/aromatic N) is 3. The lowest BCUT2D eigenvalue weighted by Crippen LogP contribution is -2.50. The van der Waals surface area contributed by atoms with Crippen LogP contribution in [0, 0.1) is 12.7 Å². The van der Waals surface area contributed by atoms with Gasteiger partial charge in [0.2, 0.25) is 5.91 Å². The quantitative estimate of drug-likeness (QED) is 0.933. The summed E-state index contributed by atoms with van der Waals surface area (Å²) in [4.78, 5) is 15.9. The Morgan fingerprint density at radius 2 is 2.04 bits per heavy atom. The maximum atomic E-state index is 13.8. The fourth-order valence-corrected chi connectivity index (χ4v) is 2.63. The van der Waals surface area contributed by atoms with Gasteiger partial charge in [-0.25, -0.2) is 4.39 Å². The number of aryl methyl sites for hydroxylation is 1. The van der Waals surface area contributed by atoms with Crippen LogP contribution in [-0.2, 0) is 4.79 Å². The predicted octanol–water partition coefficient (Wildman–Crippen LogP) is 1.88. The molecule has 122 valence electrons. The van der Waals surface area contributed by atoms with E-state index in [-0.39, 0.29) is 18.3 Å². The van der Waals surface area contributed by atoms with Crippen LogP contribution in [0.2, 0.25) is 0 Å². The van der Waals surface area contributed by atoms with E-state index in [1.807, 2.05) is 11.0 Å². The van der Waals surface area contributed by atoms with E-state index in [0.29, 0.717) is 43.4 Å². The van der Waals surface area contributed by atoms with Crippen LogP contribution in [0.5, 0.6) is 0 Å². The van der Waals surface area contributed by atoms with E-state index >= 15 is 0 Å². The van der Waals surface area contributed by atoms with E-state index < -0.39 is 0 Å². The van der Waals surface area contributed by atoms with Gasteiger partial charge < -0.3 is 19.6 Å². The molecule has 0 saturated carbocycles. The zero-order valence-corrected chi connectivity index (χ0v) is 13.0. The van der Waals surface area contributed by atoms with E-state index in [1.54, 1.807) is 30.0 Å². The highest BCUT2D eigenvalue weighted by Crippen LogP contribution is 2.20. The van der Waals surface area contributed by atoms with Crippen LogP contribution in [0.1, 0.15) is 5.76 Å². The lowest BCUT2D eigenvalue weighted by molar-refractivity contribution is -0.129. The third-order valence-corrected chi connectivity index (χ3v) is 3.87. The number of benzene rings is 1. The molecule has 1 fully saturated rings. The van der Waals surface area contributed by atoms with Crippen LogP contribution in [0.25, 0.3) is 0 Å². The molecular formula is C16H19FN4O2. The molecule has 1 aliphatic rings. The van der Waals surface area contributed by atoms with Gasteiger partial charge in [-0.1, -0.05) is 17.3 Å². The maximum Gasteiger partial charge on any atom is 0.242 e. The van der Waals surface area contributed by atoms with Crippen molar-refractivity contribution < 1.29 is 13.7 Å². The van der Waals surface area contributed by atoms with Gasteiger partial charge in [0, 0.05) is 32.2 Å². The van der Waals surface area contributed by atoms with Gasteiger partial charge in [-0.05, 0) is 19.1 Å². The lowest BCUT2D eigenvalue weighted by atomic mass is 10.2. The van der Waals surface area contributed by atoms with Crippen molar-refractivity contribution in [1.29, 1.82) is 0 Å². The molecule has 0 spiro atoms. The Morgan fingerprint density at radius 1 is 1.30 bits per heavy atom. The highest BCUT2D eigenvalue weighted by Gasteiger charge is 2.22. The Balaban J connectivity index is 1.50. The second-order valence-corrected chi connectivity index (χ2v) is 5.50. The van der Waals surface area contributed by atoms with Gasteiger partial charge in [0.25, 0.3) is 0 Å². The summed E-state index contributed by atoms with van der Waals surface area (Å²) in [5.41, 5.74) is 0.593. The molecule has 7 heteroatoms. The second-order valence-electron chi connectivity index (χ2n) is 5.50. The van der Waals surface area contributed by atoms with Crippen molar-refractivity contribution in [2.45, 2.75) is 6.92 Å². The minimum Gasteiger partial charge on any atom is -0.366 e. The molecule has 0 unspecified atom stereocenters. The molecule has 1 aliphatic heterocycles. The van der Waals surface area contributed by atoms with Crippen molar-refractivity contribution in [2.24, 2.45) is 0 Å². The monoisotopic (exact) mass is 318 g/mol. The normalized spacial score (nSPS) is 14.9. The molecule has 6 nitrogen and oxygen atoms in total. The highest BCUT2D eigenvalue weighted by molar-refractivity contribution is 5.80. The molecule has 3 rings (SSSR count). The number of aromatic nitrogens is 1. The van der Waals surface area contributed by atoms with Crippen molar-refractivity contribution in [3.63, 3.8) is 0 Å².